The molecule has 0 bridgehead atoms. The number of carbonyl (C=O) groups excluding carboxylic acids is 1. The Morgan fingerprint density at radius 3 is 2.67 bits per heavy atom. The van der Waals surface area contributed by atoms with Crippen LogP contribution < -0.4 is 10.1 Å². The highest BCUT2D eigenvalue weighted by Crippen LogP contribution is 2.17. The van der Waals surface area contributed by atoms with Crippen molar-refractivity contribution in [2.24, 2.45) is 4.99 Å². The van der Waals surface area contributed by atoms with Crippen LogP contribution in [0.4, 0.5) is 0 Å². The minimum absolute atomic E-state index is 0.0648. The van der Waals surface area contributed by atoms with Crippen molar-refractivity contribution in [1.29, 1.82) is 0 Å². The fourth-order valence-corrected chi connectivity index (χ4v) is 3.28. The molecule has 1 aromatic carbocycles. The largest absolute Gasteiger partial charge is 0.492 e. The molecule has 0 saturated carbocycles. The number of guanidine groups is 1. The van der Waals surface area contributed by atoms with Crippen molar-refractivity contribution < 1.29 is 13.9 Å². The average molecular weight is 435 g/mol. The number of furan rings is 1. The molecule has 3 rings (SSSR count). The van der Waals surface area contributed by atoms with E-state index in [1.165, 1.54) is 6.26 Å². The lowest BCUT2D eigenvalue weighted by molar-refractivity contribution is 0.0657. The molecule has 1 aliphatic heterocycles. The van der Waals surface area contributed by atoms with Gasteiger partial charge in [-0.15, -0.1) is 0 Å². The number of rotatable bonds is 5. The van der Waals surface area contributed by atoms with Gasteiger partial charge in [-0.05, 0) is 30.3 Å². The molecule has 1 aliphatic rings. The Morgan fingerprint density at radius 1 is 1.22 bits per heavy atom. The minimum atomic E-state index is -0.0648. The number of carbonyl (C=O) groups is 1. The van der Waals surface area contributed by atoms with Crippen LogP contribution in [-0.4, -0.2) is 68.0 Å². The summed E-state index contributed by atoms with van der Waals surface area (Å²) in [5.41, 5.74) is 0. The standard InChI is InChI=1S/C19H23BrN4O3/c1-21-19(22-7-13-26-16-5-2-4-15(20)14-16)24-10-8-23(9-11-24)18(25)17-6-3-12-27-17/h2-6,12,14H,7-11,13H2,1H3,(H,21,22). The second-order valence-corrected chi connectivity index (χ2v) is 6.95. The van der Waals surface area contributed by atoms with Gasteiger partial charge in [0.2, 0.25) is 0 Å². The van der Waals surface area contributed by atoms with Gasteiger partial charge >= 0.3 is 0 Å². The van der Waals surface area contributed by atoms with Gasteiger partial charge < -0.3 is 24.3 Å². The average Bonchev–Trinajstić information content (AvgIpc) is 3.23. The normalized spacial score (nSPS) is 15.0. The zero-order valence-corrected chi connectivity index (χ0v) is 16.8. The molecule has 0 radical (unpaired) electrons. The van der Waals surface area contributed by atoms with E-state index in [4.69, 9.17) is 9.15 Å². The first-order valence-electron chi connectivity index (χ1n) is 8.84. The van der Waals surface area contributed by atoms with Crippen molar-refractivity contribution in [3.8, 4) is 5.75 Å². The van der Waals surface area contributed by atoms with Crippen LogP contribution in [0.5, 0.6) is 5.75 Å². The number of benzene rings is 1. The van der Waals surface area contributed by atoms with E-state index in [1.807, 2.05) is 24.3 Å². The first-order valence-corrected chi connectivity index (χ1v) is 9.63. The van der Waals surface area contributed by atoms with Crippen molar-refractivity contribution in [3.63, 3.8) is 0 Å². The molecular weight excluding hydrogens is 412 g/mol. The summed E-state index contributed by atoms with van der Waals surface area (Å²) >= 11 is 3.43. The van der Waals surface area contributed by atoms with E-state index in [1.54, 1.807) is 24.1 Å². The number of aliphatic imine (C=N–C) groups is 1. The molecule has 2 aromatic rings. The fraction of sp³-hybridized carbons (Fsp3) is 0.368. The molecule has 0 aliphatic carbocycles. The number of nitrogens with one attached hydrogen (secondary N) is 1. The van der Waals surface area contributed by atoms with Crippen LogP contribution in [0.3, 0.4) is 0 Å². The maximum Gasteiger partial charge on any atom is 0.289 e. The number of ether oxygens (including phenoxy) is 1. The van der Waals surface area contributed by atoms with Crippen LogP contribution in [-0.2, 0) is 0 Å². The van der Waals surface area contributed by atoms with Crippen molar-refractivity contribution in [3.05, 3.63) is 52.9 Å². The molecule has 0 unspecified atom stereocenters. The van der Waals surface area contributed by atoms with Gasteiger partial charge in [0, 0.05) is 37.7 Å². The lowest BCUT2D eigenvalue weighted by Crippen LogP contribution is -2.54. The van der Waals surface area contributed by atoms with Crippen LogP contribution in [0.15, 0.2) is 56.5 Å². The summed E-state index contributed by atoms with van der Waals surface area (Å²) in [6, 6.07) is 11.2. The zero-order chi connectivity index (χ0) is 19.1. The summed E-state index contributed by atoms with van der Waals surface area (Å²) in [5.74, 6) is 1.96. The molecule has 1 fully saturated rings. The molecule has 1 aromatic heterocycles. The Bertz CT molecular complexity index is 771. The predicted octanol–water partition coefficient (Wildman–Crippen LogP) is 2.45. The van der Waals surface area contributed by atoms with E-state index < -0.39 is 0 Å². The van der Waals surface area contributed by atoms with E-state index in [-0.39, 0.29) is 5.91 Å². The Kier molecular flexibility index (Phi) is 6.75. The molecule has 0 atom stereocenters. The lowest BCUT2D eigenvalue weighted by atomic mass is 10.3. The van der Waals surface area contributed by atoms with Gasteiger partial charge in [0.1, 0.15) is 12.4 Å². The molecule has 27 heavy (non-hydrogen) atoms. The van der Waals surface area contributed by atoms with Gasteiger partial charge in [-0.1, -0.05) is 22.0 Å². The Balaban J connectivity index is 1.42. The Hall–Kier alpha value is -2.48. The third-order valence-corrected chi connectivity index (χ3v) is 4.75. The number of halogens is 1. The fourth-order valence-electron chi connectivity index (χ4n) is 2.90. The molecule has 1 N–H and O–H groups in total. The van der Waals surface area contributed by atoms with E-state index in [2.05, 4.69) is 31.1 Å². The summed E-state index contributed by atoms with van der Waals surface area (Å²) in [7, 11) is 1.76. The summed E-state index contributed by atoms with van der Waals surface area (Å²) in [6.45, 7) is 3.89. The second kappa shape index (κ2) is 9.45. The van der Waals surface area contributed by atoms with Gasteiger partial charge in [-0.3, -0.25) is 9.79 Å². The number of hydrogen-bond acceptors (Lipinski definition) is 4. The highest BCUT2D eigenvalue weighted by atomic mass is 79.9. The molecule has 8 heteroatoms. The number of hydrogen-bond donors (Lipinski definition) is 1. The van der Waals surface area contributed by atoms with Gasteiger partial charge in [-0.25, -0.2) is 0 Å². The number of amides is 1. The summed E-state index contributed by atoms with van der Waals surface area (Å²) in [6.07, 6.45) is 1.52. The van der Waals surface area contributed by atoms with Gasteiger partial charge in [0.25, 0.3) is 5.91 Å². The van der Waals surface area contributed by atoms with Crippen molar-refractivity contribution in [2.45, 2.75) is 0 Å². The van der Waals surface area contributed by atoms with Gasteiger partial charge in [0.15, 0.2) is 11.7 Å². The van der Waals surface area contributed by atoms with Crippen LogP contribution in [0.1, 0.15) is 10.6 Å². The van der Waals surface area contributed by atoms with E-state index in [0.717, 1.165) is 29.3 Å². The molecular formula is C19H23BrN4O3. The highest BCUT2D eigenvalue weighted by Gasteiger charge is 2.24. The predicted molar refractivity (Wildman–Crippen MR) is 107 cm³/mol. The summed E-state index contributed by atoms with van der Waals surface area (Å²) in [5, 5.41) is 3.31. The molecule has 1 amide bonds. The molecule has 144 valence electrons. The first kappa shape index (κ1) is 19.3. The molecule has 1 saturated heterocycles. The topological polar surface area (TPSA) is 70.3 Å². The first-order chi connectivity index (χ1) is 13.2. The van der Waals surface area contributed by atoms with Crippen LogP contribution in [0.25, 0.3) is 0 Å². The molecule has 7 nitrogen and oxygen atoms in total. The lowest BCUT2D eigenvalue weighted by Gasteiger charge is -2.36. The van der Waals surface area contributed by atoms with E-state index >= 15 is 0 Å². The quantitative estimate of drug-likeness (QED) is 0.444. The highest BCUT2D eigenvalue weighted by molar-refractivity contribution is 9.10. The summed E-state index contributed by atoms with van der Waals surface area (Å²) < 4.78 is 11.9. The van der Waals surface area contributed by atoms with Gasteiger partial charge in [-0.2, -0.15) is 0 Å². The SMILES string of the molecule is CN=C(NCCOc1cccc(Br)c1)N1CCN(C(=O)c2ccco2)CC1. The smallest absolute Gasteiger partial charge is 0.289 e. The van der Waals surface area contributed by atoms with E-state index in [0.29, 0.717) is 32.0 Å². The Labute approximate surface area is 167 Å². The van der Waals surface area contributed by atoms with E-state index in [9.17, 15) is 4.79 Å². The van der Waals surface area contributed by atoms with Crippen molar-refractivity contribution in [2.75, 3.05) is 46.4 Å². The maximum absolute atomic E-state index is 12.3. The zero-order valence-electron chi connectivity index (χ0n) is 15.2. The molecule has 2 heterocycles. The summed E-state index contributed by atoms with van der Waals surface area (Å²) in [4.78, 5) is 20.6. The number of nitrogens with zero attached hydrogens (tertiary/aromatic N) is 3. The number of piperazine rings is 1. The second-order valence-electron chi connectivity index (χ2n) is 6.04. The Morgan fingerprint density at radius 2 is 2.00 bits per heavy atom. The van der Waals surface area contributed by atoms with Crippen LogP contribution in [0, 0.1) is 0 Å². The van der Waals surface area contributed by atoms with Crippen molar-refractivity contribution in [1.82, 2.24) is 15.1 Å². The van der Waals surface area contributed by atoms with Crippen molar-refractivity contribution >= 4 is 27.8 Å². The van der Waals surface area contributed by atoms with Crippen LogP contribution in [0.2, 0.25) is 0 Å². The third kappa shape index (κ3) is 5.26. The van der Waals surface area contributed by atoms with Crippen LogP contribution >= 0.6 is 15.9 Å². The monoisotopic (exact) mass is 434 g/mol. The minimum Gasteiger partial charge on any atom is -0.492 e. The van der Waals surface area contributed by atoms with Gasteiger partial charge in [0.05, 0.1) is 12.8 Å². The maximum atomic E-state index is 12.3. The third-order valence-electron chi connectivity index (χ3n) is 4.26. The molecule has 0 spiro atoms.